The Morgan fingerprint density at radius 2 is 1.75 bits per heavy atom. The molecular formula is C23H21N3O6S4. The number of amides is 1. The van der Waals surface area contributed by atoms with Crippen molar-refractivity contribution in [3.63, 3.8) is 0 Å². The number of carboxylic acid groups (broad SMARTS) is 2. The number of rotatable bonds is 6. The zero-order valence-corrected chi connectivity index (χ0v) is 22.6. The van der Waals surface area contributed by atoms with Gasteiger partial charge in [-0.3, -0.25) is 28.6 Å². The van der Waals surface area contributed by atoms with Crippen molar-refractivity contribution in [3.05, 3.63) is 54.9 Å². The molecule has 2 aliphatic rings. The van der Waals surface area contributed by atoms with Crippen molar-refractivity contribution in [1.29, 1.82) is 0 Å². The number of aliphatic carboxylic acids is 2. The summed E-state index contributed by atoms with van der Waals surface area (Å²) >= 11 is 8.64. The lowest BCUT2D eigenvalue weighted by atomic mass is 10.0. The molecule has 4 rings (SSSR count). The van der Waals surface area contributed by atoms with Gasteiger partial charge in [0, 0.05) is 11.9 Å². The first-order valence-electron chi connectivity index (χ1n) is 10.7. The molecule has 0 aliphatic carbocycles. The van der Waals surface area contributed by atoms with Gasteiger partial charge in [0.15, 0.2) is 0 Å². The average Bonchev–Trinajstić information content (AvgIpc) is 3.39. The maximum Gasteiger partial charge on any atom is 0.323 e. The van der Waals surface area contributed by atoms with Crippen molar-refractivity contribution in [2.75, 3.05) is 18.5 Å². The fourth-order valence-corrected chi connectivity index (χ4v) is 7.53. The van der Waals surface area contributed by atoms with Crippen LogP contribution in [0.25, 0.3) is 10.5 Å². The molecule has 0 saturated carbocycles. The van der Waals surface area contributed by atoms with Crippen LogP contribution in [0.2, 0.25) is 0 Å². The summed E-state index contributed by atoms with van der Waals surface area (Å²) in [5, 5.41) is 19.5. The quantitative estimate of drug-likeness (QED) is 0.505. The van der Waals surface area contributed by atoms with Crippen molar-refractivity contribution in [2.24, 2.45) is 5.92 Å². The van der Waals surface area contributed by atoms with E-state index in [0.29, 0.717) is 10.1 Å². The monoisotopic (exact) mass is 563 g/mol. The van der Waals surface area contributed by atoms with E-state index in [1.165, 1.54) is 0 Å². The zero-order valence-electron chi connectivity index (χ0n) is 19.4. The molecule has 9 nitrogen and oxygen atoms in total. The van der Waals surface area contributed by atoms with Crippen LogP contribution in [0.4, 0.5) is 5.69 Å². The predicted octanol–water partition coefficient (Wildman–Crippen LogP) is 1.94. The molecule has 1 fully saturated rings. The standard InChI is InChI=1S/C23H21N3O6S4/c1-11(2)12(8-15-24(3)13-6-4-5-7-14(13)34-15)18-20(31)25(9-16(27)28)22(35-18)19-21(32)26(10-17(29)30)23(33)36-19/h4-8,11H,9-10H2,1-3H3,(H,27,28)(H,29,30)/b15-8+,18-12+,22-19-. The summed E-state index contributed by atoms with van der Waals surface area (Å²) in [7, 11) is 1.94. The zero-order chi connectivity index (χ0) is 26.3. The predicted molar refractivity (Wildman–Crippen MR) is 145 cm³/mol. The SMILES string of the molecule is CC(C)C(/C=C1/Sc2ccccc2N1C)=c1/s/c(=C2\SC(=S)N(CC(=O)O)C2=O)n(CC(=O)O)c1=O. The van der Waals surface area contributed by atoms with E-state index in [4.69, 9.17) is 17.3 Å². The lowest BCUT2D eigenvalue weighted by Crippen LogP contribution is -2.37. The minimum Gasteiger partial charge on any atom is -0.480 e. The molecule has 0 radical (unpaired) electrons. The molecule has 2 N–H and O–H groups in total. The first kappa shape index (κ1) is 26.2. The Kier molecular flexibility index (Phi) is 7.46. The highest BCUT2D eigenvalue weighted by Gasteiger charge is 2.35. The van der Waals surface area contributed by atoms with Gasteiger partial charge in [-0.1, -0.05) is 61.7 Å². The van der Waals surface area contributed by atoms with Gasteiger partial charge in [0.2, 0.25) is 0 Å². The molecule has 2 aliphatic heterocycles. The van der Waals surface area contributed by atoms with E-state index < -0.39 is 36.5 Å². The summed E-state index contributed by atoms with van der Waals surface area (Å²) in [6.07, 6.45) is 1.92. The molecule has 188 valence electrons. The van der Waals surface area contributed by atoms with Crippen LogP contribution in [0.5, 0.6) is 0 Å². The molecule has 3 heterocycles. The molecular weight excluding hydrogens is 543 g/mol. The minimum absolute atomic E-state index is 0.0404. The molecule has 1 amide bonds. The molecule has 0 spiro atoms. The summed E-state index contributed by atoms with van der Waals surface area (Å²) in [5.41, 5.74) is 1.23. The number of aromatic nitrogens is 1. The number of thioether (sulfide) groups is 2. The van der Waals surface area contributed by atoms with E-state index in [1.807, 2.05) is 56.1 Å². The highest BCUT2D eigenvalue weighted by Crippen LogP contribution is 2.45. The van der Waals surface area contributed by atoms with Crippen molar-refractivity contribution >= 4 is 85.4 Å². The molecule has 0 atom stereocenters. The topological polar surface area (TPSA) is 120 Å². The molecule has 2 aromatic rings. The van der Waals surface area contributed by atoms with Gasteiger partial charge in [-0.25, -0.2) is 0 Å². The van der Waals surface area contributed by atoms with Gasteiger partial charge in [0.1, 0.15) is 27.0 Å². The van der Waals surface area contributed by atoms with Gasteiger partial charge < -0.3 is 15.1 Å². The Bertz CT molecular complexity index is 1520. The van der Waals surface area contributed by atoms with E-state index in [1.54, 1.807) is 11.8 Å². The second-order valence-electron chi connectivity index (χ2n) is 8.22. The van der Waals surface area contributed by atoms with E-state index in [2.05, 4.69) is 0 Å². The van der Waals surface area contributed by atoms with Gasteiger partial charge in [-0.05, 0) is 29.7 Å². The van der Waals surface area contributed by atoms with E-state index in [-0.39, 0.29) is 19.8 Å². The highest BCUT2D eigenvalue weighted by atomic mass is 32.2. The second kappa shape index (κ2) is 10.2. The van der Waals surface area contributed by atoms with Crippen molar-refractivity contribution in [3.8, 4) is 0 Å². The first-order valence-corrected chi connectivity index (χ1v) is 13.5. The maximum atomic E-state index is 13.5. The van der Waals surface area contributed by atoms with Crippen LogP contribution in [0.3, 0.4) is 0 Å². The number of hydrogen-bond donors (Lipinski definition) is 2. The van der Waals surface area contributed by atoms with Crippen LogP contribution < -0.4 is 19.7 Å². The van der Waals surface area contributed by atoms with Crippen molar-refractivity contribution in [2.45, 2.75) is 25.3 Å². The average molecular weight is 564 g/mol. The van der Waals surface area contributed by atoms with Crippen LogP contribution in [0.1, 0.15) is 13.8 Å². The molecule has 1 saturated heterocycles. The van der Waals surface area contributed by atoms with Gasteiger partial charge >= 0.3 is 11.9 Å². The number of thiazole rings is 1. The lowest BCUT2D eigenvalue weighted by molar-refractivity contribution is -0.140. The van der Waals surface area contributed by atoms with Gasteiger partial charge in [-0.2, -0.15) is 0 Å². The Labute approximate surface area is 223 Å². The molecule has 1 aromatic heterocycles. The number of allylic oxidation sites excluding steroid dienone is 1. The van der Waals surface area contributed by atoms with Gasteiger partial charge in [0.05, 0.1) is 15.2 Å². The number of fused-ring (bicyclic) bond motifs is 1. The van der Waals surface area contributed by atoms with Crippen LogP contribution in [0.15, 0.2) is 45.1 Å². The lowest BCUT2D eigenvalue weighted by Gasteiger charge is -2.15. The van der Waals surface area contributed by atoms with E-state index >= 15 is 0 Å². The number of hydrogen-bond acceptors (Lipinski definition) is 9. The van der Waals surface area contributed by atoms with Crippen LogP contribution in [-0.2, 0) is 20.9 Å². The number of anilines is 1. The smallest absolute Gasteiger partial charge is 0.323 e. The Hall–Kier alpha value is -2.87. The fraction of sp³-hybridized carbons (Fsp3) is 0.261. The minimum atomic E-state index is -1.24. The molecule has 13 heteroatoms. The highest BCUT2D eigenvalue weighted by molar-refractivity contribution is 8.30. The van der Waals surface area contributed by atoms with Crippen LogP contribution in [-0.4, -0.2) is 55.4 Å². The van der Waals surface area contributed by atoms with Crippen molar-refractivity contribution < 1.29 is 24.6 Å². The van der Waals surface area contributed by atoms with E-state index in [0.717, 1.165) is 48.2 Å². The molecule has 36 heavy (non-hydrogen) atoms. The molecule has 0 unspecified atom stereocenters. The normalized spacial score (nSPS) is 18.9. The molecule has 0 bridgehead atoms. The third-order valence-electron chi connectivity index (χ3n) is 5.45. The summed E-state index contributed by atoms with van der Waals surface area (Å²) in [5.74, 6) is -3.22. The second-order valence-corrected chi connectivity index (χ2v) is 11.9. The van der Waals surface area contributed by atoms with Crippen LogP contribution >= 0.6 is 47.1 Å². The Morgan fingerprint density at radius 1 is 1.08 bits per heavy atom. The van der Waals surface area contributed by atoms with E-state index in [9.17, 15) is 24.3 Å². The number of nitrogens with zero attached hydrogens (tertiary/aromatic N) is 3. The third kappa shape index (κ3) is 4.88. The van der Waals surface area contributed by atoms with Gasteiger partial charge in [-0.15, -0.1) is 11.3 Å². The summed E-state index contributed by atoms with van der Waals surface area (Å²) in [6, 6.07) is 7.93. The van der Waals surface area contributed by atoms with Crippen molar-refractivity contribution in [1.82, 2.24) is 9.47 Å². The Balaban J connectivity index is 1.96. The van der Waals surface area contributed by atoms with Crippen LogP contribution in [0, 0.1) is 5.92 Å². The largest absolute Gasteiger partial charge is 0.480 e. The Morgan fingerprint density at radius 3 is 2.36 bits per heavy atom. The first-order chi connectivity index (χ1) is 17.0. The van der Waals surface area contributed by atoms with Gasteiger partial charge in [0.25, 0.3) is 11.5 Å². The third-order valence-corrected chi connectivity index (χ3v) is 9.41. The number of carbonyl (C=O) groups excluding carboxylic acids is 1. The summed E-state index contributed by atoms with van der Waals surface area (Å²) in [4.78, 5) is 53.4. The number of carboxylic acids is 2. The number of thiocarbonyl (C=S) groups is 1. The maximum absolute atomic E-state index is 13.5. The number of carbonyl (C=O) groups is 3. The summed E-state index contributed by atoms with van der Waals surface area (Å²) < 4.78 is 1.56. The fourth-order valence-electron chi connectivity index (χ4n) is 3.71. The summed E-state index contributed by atoms with van der Waals surface area (Å²) in [6.45, 7) is 2.61. The molecule has 1 aromatic carbocycles. The number of para-hydroxylation sites is 1. The number of benzene rings is 1.